The first-order valence-corrected chi connectivity index (χ1v) is 12.1. The van der Waals surface area contributed by atoms with Crippen molar-refractivity contribution in [1.29, 1.82) is 0 Å². The van der Waals surface area contributed by atoms with E-state index >= 15 is 0 Å². The summed E-state index contributed by atoms with van der Waals surface area (Å²) >= 11 is 0. The van der Waals surface area contributed by atoms with Gasteiger partial charge in [-0.15, -0.1) is 0 Å². The van der Waals surface area contributed by atoms with E-state index in [4.69, 9.17) is 9.57 Å². The lowest BCUT2D eigenvalue weighted by molar-refractivity contribution is -0.139. The van der Waals surface area contributed by atoms with Gasteiger partial charge in [-0.1, -0.05) is 76.9 Å². The Hall–Kier alpha value is -4.39. The molecule has 0 fully saturated rings. The highest BCUT2D eigenvalue weighted by molar-refractivity contribution is 6.00. The first-order valence-electron chi connectivity index (χ1n) is 12.1. The molecule has 0 aliphatic carbocycles. The Morgan fingerprint density at radius 1 is 0.919 bits per heavy atom. The molecule has 0 spiro atoms. The number of carbonyl (C=O) groups is 1. The molecular formula is C30H31N3O4. The molecule has 2 atom stereocenters. The maximum Gasteiger partial charge on any atom is 0.312 e. The number of hydrogen-bond acceptors (Lipinski definition) is 5. The number of oxime groups is 1. The number of aryl methyl sites for hydroxylation is 2. The molecule has 3 aromatic carbocycles. The van der Waals surface area contributed by atoms with Crippen LogP contribution >= 0.6 is 0 Å². The van der Waals surface area contributed by atoms with Crippen molar-refractivity contribution in [2.24, 2.45) is 11.1 Å². The Morgan fingerprint density at radius 3 is 2.14 bits per heavy atom. The lowest BCUT2D eigenvalue weighted by Gasteiger charge is -2.19. The molecule has 0 saturated carbocycles. The summed E-state index contributed by atoms with van der Waals surface area (Å²) in [5.41, 5.74) is 6.52. The second kappa shape index (κ2) is 12.0. The minimum absolute atomic E-state index is 0.287. The van der Waals surface area contributed by atoms with Gasteiger partial charge in [0.25, 0.3) is 0 Å². The molecular weight excluding hydrogens is 466 g/mol. The van der Waals surface area contributed by atoms with Crippen molar-refractivity contribution >= 4 is 11.7 Å². The number of aromatic amines is 1. The van der Waals surface area contributed by atoms with Crippen LogP contribution in [-0.2, 0) is 22.7 Å². The van der Waals surface area contributed by atoms with E-state index in [0.29, 0.717) is 17.9 Å². The molecule has 2 unspecified atom stereocenters. The third-order valence-corrected chi connectivity index (χ3v) is 6.18. The summed E-state index contributed by atoms with van der Waals surface area (Å²) in [6.07, 6.45) is 3.54. The highest BCUT2D eigenvalue weighted by Crippen LogP contribution is 2.29. The highest BCUT2D eigenvalue weighted by atomic mass is 16.6. The van der Waals surface area contributed by atoms with Crippen molar-refractivity contribution in [2.75, 3.05) is 0 Å². The van der Waals surface area contributed by atoms with Gasteiger partial charge >= 0.3 is 5.97 Å². The molecule has 1 aromatic heterocycles. The van der Waals surface area contributed by atoms with Crippen LogP contribution in [0.5, 0.6) is 5.75 Å². The summed E-state index contributed by atoms with van der Waals surface area (Å²) in [7, 11) is 0. The van der Waals surface area contributed by atoms with Gasteiger partial charge in [0.05, 0.1) is 11.9 Å². The van der Waals surface area contributed by atoms with Crippen LogP contribution in [-0.4, -0.2) is 27.0 Å². The molecule has 0 aliphatic heterocycles. The van der Waals surface area contributed by atoms with Gasteiger partial charge in [-0.05, 0) is 56.0 Å². The average Bonchev–Trinajstić information content (AvgIpc) is 3.43. The number of aromatic nitrogens is 2. The van der Waals surface area contributed by atoms with Crippen LogP contribution in [0.2, 0.25) is 0 Å². The third kappa shape index (κ3) is 7.07. The maximum atomic E-state index is 12.0. The molecule has 7 heteroatoms. The van der Waals surface area contributed by atoms with Gasteiger partial charge in [0.1, 0.15) is 18.3 Å². The van der Waals surface area contributed by atoms with Crippen LogP contribution in [0, 0.1) is 19.8 Å². The Morgan fingerprint density at radius 2 is 1.54 bits per heavy atom. The lowest BCUT2D eigenvalue weighted by atomic mass is 9.95. The highest BCUT2D eigenvalue weighted by Gasteiger charge is 2.23. The smallest absolute Gasteiger partial charge is 0.312 e. The predicted octanol–water partition coefficient (Wildman–Crippen LogP) is 6.03. The number of hydrogen-bond donors (Lipinski definition) is 2. The summed E-state index contributed by atoms with van der Waals surface area (Å²) < 4.78 is 6.32. The Bertz CT molecular complexity index is 1310. The number of nitrogens with zero attached hydrogens (tertiary/aromatic N) is 2. The zero-order valence-corrected chi connectivity index (χ0v) is 21.2. The summed E-state index contributed by atoms with van der Waals surface area (Å²) in [5, 5.41) is 20.8. The van der Waals surface area contributed by atoms with E-state index in [1.807, 2.05) is 80.7 Å². The lowest BCUT2D eigenvalue weighted by Crippen LogP contribution is -2.24. The van der Waals surface area contributed by atoms with Gasteiger partial charge in [-0.3, -0.25) is 9.89 Å². The van der Waals surface area contributed by atoms with Crippen molar-refractivity contribution in [2.45, 2.75) is 39.9 Å². The summed E-state index contributed by atoms with van der Waals surface area (Å²) in [6.45, 7) is 6.03. The van der Waals surface area contributed by atoms with E-state index in [1.54, 1.807) is 13.1 Å². The summed E-state index contributed by atoms with van der Waals surface area (Å²) in [4.78, 5) is 17.4. The molecule has 1 heterocycles. The Kier molecular flexibility index (Phi) is 8.36. The second-order valence-corrected chi connectivity index (χ2v) is 9.17. The van der Waals surface area contributed by atoms with Crippen molar-refractivity contribution in [3.05, 3.63) is 119 Å². The zero-order chi connectivity index (χ0) is 26.2. The molecule has 0 amide bonds. The topological polar surface area (TPSA) is 96.8 Å². The van der Waals surface area contributed by atoms with E-state index in [1.165, 1.54) is 5.56 Å². The molecule has 0 aliphatic rings. The van der Waals surface area contributed by atoms with Crippen LogP contribution < -0.4 is 4.74 Å². The molecule has 7 nitrogen and oxygen atoms in total. The van der Waals surface area contributed by atoms with Crippen LogP contribution in [0.1, 0.15) is 46.4 Å². The van der Waals surface area contributed by atoms with Gasteiger partial charge < -0.3 is 14.7 Å². The number of aliphatic carboxylic acids is 1. The number of ether oxygens (including phenoxy) is 1. The molecule has 0 saturated heterocycles. The van der Waals surface area contributed by atoms with Gasteiger partial charge in [0.2, 0.25) is 0 Å². The van der Waals surface area contributed by atoms with Crippen molar-refractivity contribution in [1.82, 2.24) is 10.2 Å². The van der Waals surface area contributed by atoms with Crippen LogP contribution in [0.25, 0.3) is 0 Å². The number of H-pyrrole nitrogens is 1. The standard InChI is InChI=1S/C30H31N3O4/c1-20-4-8-24(9-5-20)19-36-33-22(3)28(30(34)35)16-23-10-14-27(15-11-23)37-29(26-17-31-32-18-26)25-12-6-21(2)7-13-25/h4-15,17-18,28-29H,16,19H2,1-3H3,(H,31,32)(H,34,35). The quantitative estimate of drug-likeness (QED) is 0.195. The van der Waals surface area contributed by atoms with E-state index in [0.717, 1.165) is 27.8 Å². The number of rotatable bonds is 11. The minimum Gasteiger partial charge on any atom is -0.481 e. The fourth-order valence-electron chi connectivity index (χ4n) is 3.92. The van der Waals surface area contributed by atoms with Gasteiger partial charge in [-0.25, -0.2) is 0 Å². The summed E-state index contributed by atoms with van der Waals surface area (Å²) in [6, 6.07) is 23.6. The monoisotopic (exact) mass is 497 g/mol. The molecule has 2 N–H and O–H groups in total. The molecule has 37 heavy (non-hydrogen) atoms. The van der Waals surface area contributed by atoms with Crippen LogP contribution in [0.15, 0.2) is 90.3 Å². The van der Waals surface area contributed by atoms with E-state index in [-0.39, 0.29) is 12.7 Å². The first-order chi connectivity index (χ1) is 17.9. The third-order valence-electron chi connectivity index (χ3n) is 6.18. The predicted molar refractivity (Wildman–Crippen MR) is 143 cm³/mol. The molecule has 4 rings (SSSR count). The molecule has 0 radical (unpaired) electrons. The number of benzene rings is 3. The van der Waals surface area contributed by atoms with Gasteiger partial charge in [-0.2, -0.15) is 5.10 Å². The van der Waals surface area contributed by atoms with Gasteiger partial charge in [0.15, 0.2) is 6.10 Å². The fraction of sp³-hybridized carbons (Fsp3) is 0.233. The fourth-order valence-corrected chi connectivity index (χ4v) is 3.92. The summed E-state index contributed by atoms with van der Waals surface area (Å²) in [5.74, 6) is -1.06. The SMILES string of the molecule is CC(=NOCc1ccc(C)cc1)C(Cc1ccc(OC(c2ccc(C)cc2)c2cn[nH]c2)cc1)C(=O)O. The van der Waals surface area contributed by atoms with Crippen molar-refractivity contribution in [3.63, 3.8) is 0 Å². The molecule has 190 valence electrons. The average molecular weight is 498 g/mol. The van der Waals surface area contributed by atoms with Crippen molar-refractivity contribution < 1.29 is 19.5 Å². The maximum absolute atomic E-state index is 12.0. The largest absolute Gasteiger partial charge is 0.481 e. The van der Waals surface area contributed by atoms with Crippen molar-refractivity contribution in [3.8, 4) is 5.75 Å². The normalized spacial score (nSPS) is 13.1. The Labute approximate surface area is 216 Å². The molecule has 0 bridgehead atoms. The number of carboxylic acid groups (broad SMARTS) is 1. The van der Waals surface area contributed by atoms with E-state index in [2.05, 4.69) is 27.5 Å². The van der Waals surface area contributed by atoms with Gasteiger partial charge in [0, 0.05) is 11.8 Å². The van der Waals surface area contributed by atoms with Crippen LogP contribution in [0.4, 0.5) is 0 Å². The Balaban J connectivity index is 1.42. The second-order valence-electron chi connectivity index (χ2n) is 9.17. The van der Waals surface area contributed by atoms with E-state index in [9.17, 15) is 9.90 Å². The first kappa shape index (κ1) is 25.7. The van der Waals surface area contributed by atoms with Crippen LogP contribution in [0.3, 0.4) is 0 Å². The molecule has 4 aromatic rings. The zero-order valence-electron chi connectivity index (χ0n) is 21.2. The number of nitrogens with one attached hydrogen (secondary N) is 1. The number of carboxylic acids is 1. The van der Waals surface area contributed by atoms with E-state index < -0.39 is 11.9 Å². The minimum atomic E-state index is -0.945.